The number of amides is 1. The molecule has 1 aliphatic heterocycles. The fourth-order valence-electron chi connectivity index (χ4n) is 4.24. The highest BCUT2D eigenvalue weighted by atomic mass is 16.5. The molecule has 182 valence electrons. The lowest BCUT2D eigenvalue weighted by atomic mass is 10.1. The van der Waals surface area contributed by atoms with Crippen LogP contribution in [0.3, 0.4) is 0 Å². The Morgan fingerprint density at radius 2 is 1.64 bits per heavy atom. The van der Waals surface area contributed by atoms with Gasteiger partial charge >= 0.3 is 0 Å². The number of nitrogens with one attached hydrogen (secondary N) is 2. The Balaban J connectivity index is 1.24. The van der Waals surface area contributed by atoms with Gasteiger partial charge in [-0.25, -0.2) is 9.97 Å². The molecule has 0 spiro atoms. The number of carbonyl (C=O) groups excluding carboxylic acids is 1. The number of nitrogens with zero attached hydrogens (tertiary/aromatic N) is 3. The summed E-state index contributed by atoms with van der Waals surface area (Å²) in [6, 6.07) is 23.0. The van der Waals surface area contributed by atoms with Gasteiger partial charge < -0.3 is 15.4 Å². The van der Waals surface area contributed by atoms with Crippen LogP contribution in [0.4, 0.5) is 17.2 Å². The van der Waals surface area contributed by atoms with Crippen LogP contribution in [0.2, 0.25) is 0 Å². The first-order chi connectivity index (χ1) is 17.7. The topological polar surface area (TPSA) is 79.4 Å². The van der Waals surface area contributed by atoms with Crippen LogP contribution in [0.1, 0.15) is 19.3 Å². The molecule has 0 aliphatic carbocycles. The predicted octanol–water partition coefficient (Wildman–Crippen LogP) is 6.15. The summed E-state index contributed by atoms with van der Waals surface area (Å²) in [4.78, 5) is 23.6. The van der Waals surface area contributed by atoms with E-state index in [0.717, 1.165) is 47.7 Å². The van der Waals surface area contributed by atoms with E-state index >= 15 is 0 Å². The molecule has 1 aromatic heterocycles. The number of hydrogen-bond donors (Lipinski definition) is 2. The van der Waals surface area contributed by atoms with E-state index in [-0.39, 0.29) is 5.91 Å². The number of carbonyl (C=O) groups is 1. The number of rotatable bonds is 8. The molecular formula is C29H29N5O2. The van der Waals surface area contributed by atoms with Crippen molar-refractivity contribution in [1.82, 2.24) is 14.9 Å². The van der Waals surface area contributed by atoms with E-state index in [9.17, 15) is 4.79 Å². The van der Waals surface area contributed by atoms with Crippen molar-refractivity contribution < 1.29 is 9.53 Å². The number of fused-ring (bicyclic) bond motifs is 1. The van der Waals surface area contributed by atoms with Crippen LogP contribution in [-0.2, 0) is 4.79 Å². The fraction of sp³-hybridized carbons (Fsp3) is 0.207. The maximum absolute atomic E-state index is 12.5. The van der Waals surface area contributed by atoms with Gasteiger partial charge in [0.15, 0.2) is 0 Å². The van der Waals surface area contributed by atoms with Crippen LogP contribution in [0.5, 0.6) is 11.5 Å². The highest BCUT2D eigenvalue weighted by Gasteiger charge is 2.09. The molecule has 2 heterocycles. The third-order valence-corrected chi connectivity index (χ3v) is 6.08. The zero-order valence-electron chi connectivity index (χ0n) is 20.1. The summed E-state index contributed by atoms with van der Waals surface area (Å²) in [5.41, 5.74) is 2.35. The second-order valence-corrected chi connectivity index (χ2v) is 8.77. The molecule has 4 aromatic rings. The summed E-state index contributed by atoms with van der Waals surface area (Å²) in [5, 5.41) is 7.12. The largest absolute Gasteiger partial charge is 0.457 e. The molecule has 5 rings (SSSR count). The van der Waals surface area contributed by atoms with Crippen molar-refractivity contribution in [1.29, 1.82) is 0 Å². The van der Waals surface area contributed by atoms with Gasteiger partial charge in [-0.2, -0.15) is 0 Å². The van der Waals surface area contributed by atoms with Gasteiger partial charge in [-0.15, -0.1) is 0 Å². The fourth-order valence-corrected chi connectivity index (χ4v) is 4.24. The number of piperidine rings is 1. The Hall–Kier alpha value is -4.23. The minimum absolute atomic E-state index is 0.147. The van der Waals surface area contributed by atoms with Crippen molar-refractivity contribution in [2.75, 3.05) is 30.3 Å². The van der Waals surface area contributed by atoms with Crippen LogP contribution in [0.15, 0.2) is 91.3 Å². The summed E-state index contributed by atoms with van der Waals surface area (Å²) in [7, 11) is 0. The first-order valence-electron chi connectivity index (χ1n) is 12.3. The smallest absolute Gasteiger partial charge is 0.248 e. The Labute approximate surface area is 210 Å². The first kappa shape index (κ1) is 23.5. The van der Waals surface area contributed by atoms with Gasteiger partial charge in [0.1, 0.15) is 23.6 Å². The average Bonchev–Trinajstić information content (AvgIpc) is 2.91. The number of likely N-dealkylation sites (tertiary alicyclic amines) is 1. The summed E-state index contributed by atoms with van der Waals surface area (Å²) in [6.45, 7) is 3.02. The number of benzene rings is 3. The minimum atomic E-state index is -0.147. The van der Waals surface area contributed by atoms with Gasteiger partial charge in [0, 0.05) is 29.4 Å². The molecule has 1 aliphatic rings. The van der Waals surface area contributed by atoms with E-state index in [2.05, 4.69) is 25.5 Å². The second-order valence-electron chi connectivity index (χ2n) is 8.77. The molecule has 7 nitrogen and oxygen atoms in total. The molecule has 1 fully saturated rings. The van der Waals surface area contributed by atoms with Crippen molar-refractivity contribution in [3.05, 3.63) is 91.3 Å². The van der Waals surface area contributed by atoms with Gasteiger partial charge in [-0.05, 0) is 80.5 Å². The standard InChI is InChI=1S/C29H29N5O2/c35-28(10-7-19-34-17-5-2-6-18-34)32-23-13-16-27-26(20-23)29(31-21-30-27)33-22-11-14-25(15-12-22)36-24-8-3-1-4-9-24/h1,3-4,7-16,20-21H,2,5-6,17-19H2,(H,32,35)(H,30,31,33). The second kappa shape index (κ2) is 11.5. The van der Waals surface area contributed by atoms with Crippen LogP contribution in [-0.4, -0.2) is 40.4 Å². The summed E-state index contributed by atoms with van der Waals surface area (Å²) >= 11 is 0. The number of ether oxygens (including phenoxy) is 1. The quantitative estimate of drug-likeness (QED) is 0.295. The molecule has 0 unspecified atom stereocenters. The van der Waals surface area contributed by atoms with Gasteiger partial charge in [-0.3, -0.25) is 9.69 Å². The highest BCUT2D eigenvalue weighted by molar-refractivity contribution is 6.01. The molecule has 0 saturated carbocycles. The first-order valence-corrected chi connectivity index (χ1v) is 12.3. The molecular weight excluding hydrogens is 450 g/mol. The normalized spacial score (nSPS) is 14.1. The zero-order valence-corrected chi connectivity index (χ0v) is 20.1. The molecule has 0 radical (unpaired) electrons. The molecule has 1 amide bonds. The van der Waals surface area contributed by atoms with Crippen molar-refractivity contribution in [3.8, 4) is 11.5 Å². The Bertz CT molecular complexity index is 1330. The number of anilines is 3. The van der Waals surface area contributed by atoms with E-state index < -0.39 is 0 Å². The molecule has 36 heavy (non-hydrogen) atoms. The van der Waals surface area contributed by atoms with E-state index in [1.165, 1.54) is 25.6 Å². The number of aromatic nitrogens is 2. The third kappa shape index (κ3) is 6.25. The van der Waals surface area contributed by atoms with E-state index in [1.54, 1.807) is 6.08 Å². The van der Waals surface area contributed by atoms with Gasteiger partial charge in [-0.1, -0.05) is 30.7 Å². The Kier molecular flexibility index (Phi) is 7.49. The van der Waals surface area contributed by atoms with E-state index in [4.69, 9.17) is 4.74 Å². The monoisotopic (exact) mass is 479 g/mol. The lowest BCUT2D eigenvalue weighted by molar-refractivity contribution is -0.111. The van der Waals surface area contributed by atoms with Crippen molar-refractivity contribution in [2.45, 2.75) is 19.3 Å². The average molecular weight is 480 g/mol. The molecule has 0 bridgehead atoms. The molecule has 0 atom stereocenters. The highest BCUT2D eigenvalue weighted by Crippen LogP contribution is 2.28. The van der Waals surface area contributed by atoms with Crippen molar-refractivity contribution >= 4 is 34.0 Å². The van der Waals surface area contributed by atoms with Crippen molar-refractivity contribution in [3.63, 3.8) is 0 Å². The van der Waals surface area contributed by atoms with Crippen LogP contribution in [0.25, 0.3) is 10.9 Å². The van der Waals surface area contributed by atoms with E-state index in [1.807, 2.05) is 78.9 Å². The van der Waals surface area contributed by atoms with Gasteiger partial charge in [0.25, 0.3) is 0 Å². The maximum atomic E-state index is 12.5. The summed E-state index contributed by atoms with van der Waals surface area (Å²) in [5.74, 6) is 2.05. The lowest BCUT2D eigenvalue weighted by Crippen LogP contribution is -2.29. The summed E-state index contributed by atoms with van der Waals surface area (Å²) < 4.78 is 5.87. The lowest BCUT2D eigenvalue weighted by Gasteiger charge is -2.24. The maximum Gasteiger partial charge on any atom is 0.248 e. The molecule has 1 saturated heterocycles. The molecule has 7 heteroatoms. The predicted molar refractivity (Wildman–Crippen MR) is 144 cm³/mol. The Morgan fingerprint density at radius 1 is 0.889 bits per heavy atom. The third-order valence-electron chi connectivity index (χ3n) is 6.08. The summed E-state index contributed by atoms with van der Waals surface area (Å²) in [6.07, 6.45) is 8.85. The Morgan fingerprint density at radius 3 is 2.44 bits per heavy atom. The van der Waals surface area contributed by atoms with Crippen LogP contribution in [0, 0.1) is 0 Å². The van der Waals surface area contributed by atoms with Gasteiger partial charge in [0.05, 0.1) is 5.52 Å². The van der Waals surface area contributed by atoms with Crippen molar-refractivity contribution in [2.24, 2.45) is 0 Å². The van der Waals surface area contributed by atoms with Gasteiger partial charge in [0.2, 0.25) is 5.91 Å². The number of hydrogen-bond acceptors (Lipinski definition) is 6. The number of para-hydroxylation sites is 1. The van der Waals surface area contributed by atoms with Crippen LogP contribution < -0.4 is 15.4 Å². The van der Waals surface area contributed by atoms with Crippen LogP contribution >= 0.6 is 0 Å². The minimum Gasteiger partial charge on any atom is -0.457 e. The molecule has 3 aromatic carbocycles. The SMILES string of the molecule is O=C(C=CCN1CCCCC1)Nc1ccc2ncnc(Nc3ccc(Oc4ccccc4)cc3)c2c1. The van der Waals surface area contributed by atoms with E-state index in [0.29, 0.717) is 11.5 Å². The zero-order chi connectivity index (χ0) is 24.6. The molecule has 2 N–H and O–H groups in total.